The molecule has 0 fully saturated rings. The van der Waals surface area contributed by atoms with Crippen molar-refractivity contribution < 1.29 is 75.8 Å². The van der Waals surface area contributed by atoms with Gasteiger partial charge in [0.1, 0.15) is 25.4 Å². The van der Waals surface area contributed by atoms with Crippen molar-refractivity contribution in [3.8, 4) is 0 Å². The quantitative estimate of drug-likeness (QED) is 0.0146. The molecule has 0 saturated carbocycles. The molecule has 0 heterocycles. The topological polar surface area (TPSA) is 231 Å². The SMILES string of the molecule is CC/C=C\C/C=C\C/C=C\C/C=C\C/C=C\CCCCCCCCCCCCCCCCCC(=O)OCC(COP(=O)(O)OCC(O)COP(=O)(O)OCC(O)COC(=O)CCCCCCCCCCCCCCCCCCCCC/C=C\C/C=C\C/C=C\C/C=C\CCCCC)OC(=O)CCCCCCCCC/C=C\C/C=C\C/C=C\C/C=C\C/C=C\CC. The smallest absolute Gasteiger partial charge is 0.463 e. The molecule has 0 amide bonds. The van der Waals surface area contributed by atoms with Gasteiger partial charge in [-0.3, -0.25) is 32.5 Å². The molecule has 0 aliphatic carbocycles. The van der Waals surface area contributed by atoms with Gasteiger partial charge in [-0.05, 0) is 154 Å². The van der Waals surface area contributed by atoms with Crippen LogP contribution in [0.4, 0.5) is 0 Å². The van der Waals surface area contributed by atoms with E-state index in [9.17, 15) is 43.5 Å². The summed E-state index contributed by atoms with van der Waals surface area (Å²) in [5, 5.41) is 20.8. The van der Waals surface area contributed by atoms with Crippen molar-refractivity contribution in [1.29, 1.82) is 0 Å². The van der Waals surface area contributed by atoms with Crippen LogP contribution >= 0.6 is 15.6 Å². The van der Waals surface area contributed by atoms with Crippen molar-refractivity contribution in [2.45, 2.75) is 450 Å². The molecule has 0 saturated heterocycles. The predicted octanol–water partition coefficient (Wildman–Crippen LogP) is 31.8. The molecular weight excluding hydrogens is 1600 g/mol. The van der Waals surface area contributed by atoms with Crippen molar-refractivity contribution in [3.05, 3.63) is 170 Å². The molecule has 0 spiro atoms. The summed E-state index contributed by atoms with van der Waals surface area (Å²) < 4.78 is 61.6. The maximum absolute atomic E-state index is 13.1. The van der Waals surface area contributed by atoms with E-state index in [-0.39, 0.29) is 19.3 Å². The van der Waals surface area contributed by atoms with E-state index < -0.39 is 91.5 Å². The Morgan fingerprint density at radius 1 is 0.232 bits per heavy atom. The van der Waals surface area contributed by atoms with Gasteiger partial charge in [0.2, 0.25) is 0 Å². The van der Waals surface area contributed by atoms with E-state index in [4.69, 9.17) is 32.3 Å². The molecular formula is C107H184O16P2. The molecule has 0 bridgehead atoms. The van der Waals surface area contributed by atoms with Gasteiger partial charge in [0.25, 0.3) is 0 Å². The summed E-state index contributed by atoms with van der Waals surface area (Å²) in [6.07, 6.45) is 128. The van der Waals surface area contributed by atoms with Crippen LogP contribution in [0.2, 0.25) is 0 Å². The zero-order valence-corrected chi connectivity index (χ0v) is 81.3. The fourth-order valence-electron chi connectivity index (χ4n) is 13.8. The van der Waals surface area contributed by atoms with Crippen molar-refractivity contribution in [2.24, 2.45) is 0 Å². The van der Waals surface area contributed by atoms with E-state index in [1.807, 2.05) is 0 Å². The Morgan fingerprint density at radius 2 is 0.424 bits per heavy atom. The first-order valence-electron chi connectivity index (χ1n) is 50.4. The molecule has 0 rings (SSSR count). The lowest BCUT2D eigenvalue weighted by Crippen LogP contribution is -2.30. The lowest BCUT2D eigenvalue weighted by molar-refractivity contribution is -0.161. The number of aliphatic hydroxyl groups excluding tert-OH is 2. The zero-order chi connectivity index (χ0) is 90.7. The van der Waals surface area contributed by atoms with Crippen molar-refractivity contribution >= 4 is 33.6 Å². The lowest BCUT2D eigenvalue weighted by atomic mass is 10.0. The van der Waals surface area contributed by atoms with Crippen molar-refractivity contribution in [3.63, 3.8) is 0 Å². The molecule has 0 aromatic carbocycles. The summed E-state index contributed by atoms with van der Waals surface area (Å²) in [4.78, 5) is 59.2. The summed E-state index contributed by atoms with van der Waals surface area (Å²) in [6, 6.07) is 0. The van der Waals surface area contributed by atoms with Gasteiger partial charge < -0.3 is 34.2 Å². The molecule has 18 heteroatoms. The Morgan fingerprint density at radius 3 is 0.672 bits per heavy atom. The third-order valence-corrected chi connectivity index (χ3v) is 23.3. The third kappa shape index (κ3) is 99.3. The first-order valence-corrected chi connectivity index (χ1v) is 53.4. The second-order valence-electron chi connectivity index (χ2n) is 33.5. The number of carbonyl (C=O) groups excluding carboxylic acids is 3. The van der Waals surface area contributed by atoms with Gasteiger partial charge in [-0.2, -0.15) is 0 Å². The summed E-state index contributed by atoms with van der Waals surface area (Å²) >= 11 is 0. The minimum absolute atomic E-state index is 0.0883. The number of esters is 3. The van der Waals surface area contributed by atoms with E-state index >= 15 is 0 Å². The second kappa shape index (κ2) is 98.0. The average molecular weight is 1790 g/mol. The number of allylic oxidation sites excluding steroid dienone is 28. The molecule has 5 atom stereocenters. The number of ether oxygens (including phenoxy) is 3. The van der Waals surface area contributed by atoms with Crippen LogP contribution in [0.3, 0.4) is 0 Å². The molecule has 0 aliphatic rings. The number of phosphoric ester groups is 2. The number of phosphoric acid groups is 2. The van der Waals surface area contributed by atoms with Gasteiger partial charge in [-0.15, -0.1) is 0 Å². The first kappa shape index (κ1) is 120. The van der Waals surface area contributed by atoms with Crippen LogP contribution < -0.4 is 0 Å². The molecule has 0 radical (unpaired) electrons. The highest BCUT2D eigenvalue weighted by molar-refractivity contribution is 7.47. The van der Waals surface area contributed by atoms with Crippen LogP contribution in [0.1, 0.15) is 432 Å². The van der Waals surface area contributed by atoms with Crippen LogP contribution in [0.25, 0.3) is 0 Å². The largest absolute Gasteiger partial charge is 0.472 e. The van der Waals surface area contributed by atoms with Crippen LogP contribution in [0.15, 0.2) is 170 Å². The average Bonchev–Trinajstić information content (AvgIpc) is 0.901. The maximum atomic E-state index is 13.1. The molecule has 125 heavy (non-hydrogen) atoms. The summed E-state index contributed by atoms with van der Waals surface area (Å²) in [7, 11) is -9.82. The second-order valence-corrected chi connectivity index (χ2v) is 36.4. The third-order valence-electron chi connectivity index (χ3n) is 21.4. The molecule has 718 valence electrons. The Labute approximate surface area is 764 Å². The lowest BCUT2D eigenvalue weighted by Gasteiger charge is -2.21. The highest BCUT2D eigenvalue weighted by Crippen LogP contribution is 2.45. The number of hydrogen-bond acceptors (Lipinski definition) is 14. The number of carbonyl (C=O) groups is 3. The Hall–Kier alpha value is -5.09. The highest BCUT2D eigenvalue weighted by atomic mass is 31.2. The molecule has 0 aromatic heterocycles. The minimum atomic E-state index is -4.95. The fraction of sp³-hybridized carbons (Fsp3) is 0.710. The van der Waals surface area contributed by atoms with Gasteiger partial charge in [-0.25, -0.2) is 9.13 Å². The van der Waals surface area contributed by atoms with Gasteiger partial charge in [0.15, 0.2) is 6.10 Å². The van der Waals surface area contributed by atoms with Crippen molar-refractivity contribution in [2.75, 3.05) is 39.6 Å². The van der Waals surface area contributed by atoms with E-state index in [1.165, 1.54) is 205 Å². The number of hydrogen-bond donors (Lipinski definition) is 4. The standard InChI is InChI=1S/C107H184O16P2/c1-4-7-10-13-16-19-22-25-28-31-34-37-40-42-44-46-48-49-50-51-53-55-56-58-61-63-66-69-72-75-78-81-84-87-90-93-105(110)117-96-102(108)97-119-124(113,114)120-98-103(109)99-121-125(115,116)122-101-104(123-107(112)95-92-89-86-83-80-77-74-71-68-65-60-39-36-33-30-27-24-21-18-15-12-9-6-3)100-118-106(111)94-91-88-85-82-79-76-73-70-67-64-62-59-57-54-52-47-45-43-41-38-35-32-29-26-23-20-17-14-11-8-5-2/h8-9,11-12,16-21,25-30,34-39,42-45,65,68,102-104,108-109H,4-7,10,13-15,22-24,31-33,40-41,46-64,66-67,69-101H2,1-3H3,(H,113,114)(H,115,116)/b11-8-,12-9-,19-16-,20-17-,21-18-,28-25-,29-26-,30-27-,37-34-,38-35-,39-36-,44-42-,45-43-,68-65-. The zero-order valence-electron chi connectivity index (χ0n) is 79.5. The van der Waals surface area contributed by atoms with Gasteiger partial charge in [-0.1, -0.05) is 428 Å². The monoisotopic (exact) mass is 1790 g/mol. The number of aliphatic hydroxyl groups is 2. The molecule has 16 nitrogen and oxygen atoms in total. The van der Waals surface area contributed by atoms with Gasteiger partial charge >= 0.3 is 33.6 Å². The van der Waals surface area contributed by atoms with Crippen LogP contribution in [0, 0.1) is 0 Å². The summed E-state index contributed by atoms with van der Waals surface area (Å²) in [6.45, 7) is 2.48. The Bertz CT molecular complexity index is 2950. The van der Waals surface area contributed by atoms with Crippen molar-refractivity contribution in [1.82, 2.24) is 0 Å². The molecule has 0 aliphatic heterocycles. The maximum Gasteiger partial charge on any atom is 0.472 e. The van der Waals surface area contributed by atoms with Crippen LogP contribution in [0.5, 0.6) is 0 Å². The molecule has 0 aromatic rings. The Balaban J connectivity index is 4.55. The minimum Gasteiger partial charge on any atom is -0.463 e. The Kier molecular flexibility index (Phi) is 94.0. The van der Waals surface area contributed by atoms with Gasteiger partial charge in [0, 0.05) is 19.3 Å². The number of unbranched alkanes of at least 4 members (excludes halogenated alkanes) is 44. The molecule has 5 unspecified atom stereocenters. The van der Waals surface area contributed by atoms with Crippen LogP contribution in [-0.4, -0.2) is 95.9 Å². The highest BCUT2D eigenvalue weighted by Gasteiger charge is 2.30. The van der Waals surface area contributed by atoms with E-state index in [1.54, 1.807) is 0 Å². The predicted molar refractivity (Wildman–Crippen MR) is 528 cm³/mol. The number of rotatable bonds is 95. The summed E-state index contributed by atoms with van der Waals surface area (Å²) in [5.74, 6) is -1.57. The van der Waals surface area contributed by atoms with E-state index in [2.05, 4.69) is 191 Å². The molecule has 4 N–H and O–H groups in total. The van der Waals surface area contributed by atoms with E-state index in [0.29, 0.717) is 19.3 Å². The normalized spacial score (nSPS) is 14.4. The fourth-order valence-corrected chi connectivity index (χ4v) is 15.4. The van der Waals surface area contributed by atoms with E-state index in [0.717, 1.165) is 167 Å². The van der Waals surface area contributed by atoms with Gasteiger partial charge in [0.05, 0.1) is 26.4 Å². The first-order chi connectivity index (χ1) is 61.2. The summed E-state index contributed by atoms with van der Waals surface area (Å²) in [5.41, 5.74) is 0. The van der Waals surface area contributed by atoms with Crippen LogP contribution in [-0.2, 0) is 55.8 Å².